The molecule has 2 aromatic carbocycles. The lowest BCUT2D eigenvalue weighted by atomic mass is 9.91. The number of carbonyl (C=O) groups is 2. The lowest BCUT2D eigenvalue weighted by Gasteiger charge is -2.17. The van der Waals surface area contributed by atoms with Gasteiger partial charge in [0.15, 0.2) is 5.78 Å². The zero-order valence-corrected chi connectivity index (χ0v) is 11.1. The summed E-state index contributed by atoms with van der Waals surface area (Å²) in [6.45, 7) is 1.50. The van der Waals surface area contributed by atoms with E-state index in [2.05, 4.69) is 0 Å². The van der Waals surface area contributed by atoms with E-state index in [9.17, 15) is 18.4 Å². The summed E-state index contributed by atoms with van der Waals surface area (Å²) in [5, 5.41) is 8.70. The van der Waals surface area contributed by atoms with Crippen molar-refractivity contribution in [1.82, 2.24) is 0 Å². The normalized spacial score (nSPS) is 11.2. The Kier molecular flexibility index (Phi) is 3.84. The molecule has 0 spiro atoms. The third kappa shape index (κ3) is 2.67. The largest absolute Gasteiger partial charge is 0.477 e. The minimum absolute atomic E-state index is 0.231. The van der Waals surface area contributed by atoms with Crippen LogP contribution in [0.4, 0.5) is 8.78 Å². The van der Waals surface area contributed by atoms with Gasteiger partial charge in [0.2, 0.25) is 0 Å². The maximum Gasteiger partial charge on any atom is 0.379 e. The Morgan fingerprint density at radius 3 is 2.19 bits per heavy atom. The maximum absolute atomic E-state index is 13.8. The number of aryl methyl sites for hydroxylation is 1. The first-order valence-electron chi connectivity index (χ1n) is 6.16. The van der Waals surface area contributed by atoms with Gasteiger partial charge in [0.05, 0.1) is 0 Å². The van der Waals surface area contributed by atoms with E-state index in [-0.39, 0.29) is 11.1 Å². The van der Waals surface area contributed by atoms with Gasteiger partial charge in [-0.05, 0) is 12.5 Å². The molecule has 0 fully saturated rings. The van der Waals surface area contributed by atoms with Crippen molar-refractivity contribution in [1.29, 1.82) is 0 Å². The molecule has 0 aliphatic carbocycles. The topological polar surface area (TPSA) is 54.4 Å². The van der Waals surface area contributed by atoms with E-state index in [1.807, 2.05) is 0 Å². The second-order valence-electron chi connectivity index (χ2n) is 4.57. The van der Waals surface area contributed by atoms with Gasteiger partial charge >= 0.3 is 11.9 Å². The van der Waals surface area contributed by atoms with E-state index in [0.717, 1.165) is 6.07 Å². The van der Waals surface area contributed by atoms with E-state index in [0.29, 0.717) is 5.56 Å². The third-order valence-corrected chi connectivity index (χ3v) is 3.14. The van der Waals surface area contributed by atoms with Crippen LogP contribution in [-0.4, -0.2) is 16.9 Å². The second kappa shape index (κ2) is 5.44. The number of rotatable bonds is 4. The fourth-order valence-electron chi connectivity index (χ4n) is 2.08. The summed E-state index contributed by atoms with van der Waals surface area (Å²) in [4.78, 5) is 23.2. The zero-order chi connectivity index (χ0) is 15.6. The highest BCUT2D eigenvalue weighted by molar-refractivity contribution is 6.11. The van der Waals surface area contributed by atoms with Gasteiger partial charge in [-0.15, -0.1) is 0 Å². The quantitative estimate of drug-likeness (QED) is 0.878. The van der Waals surface area contributed by atoms with E-state index < -0.39 is 23.2 Å². The van der Waals surface area contributed by atoms with Gasteiger partial charge in [0, 0.05) is 16.7 Å². The SMILES string of the molecule is Cc1cccc(C(F)(F)C(=O)O)c1C(=O)c1ccccc1. The second-order valence-corrected chi connectivity index (χ2v) is 4.57. The third-order valence-electron chi connectivity index (χ3n) is 3.14. The fraction of sp³-hybridized carbons (Fsp3) is 0.125. The van der Waals surface area contributed by atoms with Crippen molar-refractivity contribution < 1.29 is 23.5 Å². The van der Waals surface area contributed by atoms with Crippen molar-refractivity contribution in [3.63, 3.8) is 0 Å². The molecular weight excluding hydrogens is 278 g/mol. The molecule has 2 aromatic rings. The van der Waals surface area contributed by atoms with Crippen LogP contribution < -0.4 is 0 Å². The molecule has 2 rings (SSSR count). The number of ketones is 1. The minimum atomic E-state index is -4.12. The number of halogens is 2. The Bertz CT molecular complexity index is 694. The summed E-state index contributed by atoms with van der Waals surface area (Å²) in [5.41, 5.74) is -0.517. The molecular formula is C16H12F2O3. The van der Waals surface area contributed by atoms with Crippen molar-refractivity contribution >= 4 is 11.8 Å². The molecule has 0 radical (unpaired) electrons. The predicted octanol–water partition coefficient (Wildman–Crippen LogP) is 3.40. The minimum Gasteiger partial charge on any atom is -0.477 e. The number of hydrogen-bond acceptors (Lipinski definition) is 2. The Morgan fingerprint density at radius 1 is 1.00 bits per heavy atom. The number of carboxylic acids is 1. The van der Waals surface area contributed by atoms with Crippen molar-refractivity contribution in [2.24, 2.45) is 0 Å². The standard InChI is InChI=1S/C16H12F2O3/c1-10-6-5-9-12(16(17,18)15(20)21)13(10)14(19)11-7-3-2-4-8-11/h2-9H,1H3,(H,20,21). The van der Waals surface area contributed by atoms with E-state index in [1.165, 1.54) is 31.2 Å². The van der Waals surface area contributed by atoms with Gasteiger partial charge in [0.1, 0.15) is 0 Å². The Hall–Kier alpha value is -2.56. The summed E-state index contributed by atoms with van der Waals surface area (Å²) < 4.78 is 27.7. The molecule has 0 aliphatic rings. The number of hydrogen-bond donors (Lipinski definition) is 1. The summed E-state index contributed by atoms with van der Waals surface area (Å²) >= 11 is 0. The lowest BCUT2D eigenvalue weighted by Crippen LogP contribution is -2.28. The highest BCUT2D eigenvalue weighted by atomic mass is 19.3. The number of benzene rings is 2. The molecule has 1 N–H and O–H groups in total. The number of alkyl halides is 2. The molecule has 0 saturated heterocycles. The van der Waals surface area contributed by atoms with Gasteiger partial charge < -0.3 is 5.11 Å². The summed E-state index contributed by atoms with van der Waals surface area (Å²) in [6, 6.07) is 11.7. The van der Waals surface area contributed by atoms with Gasteiger partial charge in [-0.2, -0.15) is 8.78 Å². The maximum atomic E-state index is 13.8. The monoisotopic (exact) mass is 290 g/mol. The van der Waals surface area contributed by atoms with Crippen LogP contribution in [0.1, 0.15) is 27.0 Å². The van der Waals surface area contributed by atoms with Crippen LogP contribution in [0.5, 0.6) is 0 Å². The summed E-state index contributed by atoms with van der Waals surface area (Å²) in [5.74, 6) is -7.02. The molecule has 0 heterocycles. The summed E-state index contributed by atoms with van der Waals surface area (Å²) in [6.07, 6.45) is 0. The molecule has 0 atom stereocenters. The van der Waals surface area contributed by atoms with E-state index >= 15 is 0 Å². The molecule has 0 unspecified atom stereocenters. The van der Waals surface area contributed by atoms with Crippen molar-refractivity contribution in [3.05, 3.63) is 70.8 Å². The van der Waals surface area contributed by atoms with Gasteiger partial charge in [-0.1, -0.05) is 48.5 Å². The molecule has 0 aliphatic heterocycles. The van der Waals surface area contributed by atoms with Crippen LogP contribution in [0.15, 0.2) is 48.5 Å². The van der Waals surface area contributed by atoms with E-state index in [4.69, 9.17) is 5.11 Å². The molecule has 3 nitrogen and oxygen atoms in total. The van der Waals surface area contributed by atoms with Crippen LogP contribution in [-0.2, 0) is 10.7 Å². The first kappa shape index (κ1) is 14.8. The van der Waals surface area contributed by atoms with Crippen LogP contribution in [0, 0.1) is 6.92 Å². The van der Waals surface area contributed by atoms with Gasteiger partial charge in [-0.3, -0.25) is 4.79 Å². The predicted molar refractivity (Wildman–Crippen MR) is 72.6 cm³/mol. The smallest absolute Gasteiger partial charge is 0.379 e. The molecule has 0 amide bonds. The molecule has 108 valence electrons. The van der Waals surface area contributed by atoms with Crippen LogP contribution in [0.2, 0.25) is 0 Å². The van der Waals surface area contributed by atoms with Gasteiger partial charge in [-0.25, -0.2) is 4.79 Å². The number of aliphatic carboxylic acids is 1. The molecule has 21 heavy (non-hydrogen) atoms. The van der Waals surface area contributed by atoms with Crippen molar-refractivity contribution in [2.75, 3.05) is 0 Å². The molecule has 0 bridgehead atoms. The zero-order valence-electron chi connectivity index (χ0n) is 11.1. The Morgan fingerprint density at radius 2 is 1.62 bits per heavy atom. The van der Waals surface area contributed by atoms with Crippen molar-refractivity contribution in [2.45, 2.75) is 12.8 Å². The highest BCUT2D eigenvalue weighted by Crippen LogP contribution is 2.33. The Balaban J connectivity index is 2.64. The lowest BCUT2D eigenvalue weighted by molar-refractivity contribution is -0.166. The number of carboxylic acid groups (broad SMARTS) is 1. The average Bonchev–Trinajstić information content (AvgIpc) is 2.47. The van der Waals surface area contributed by atoms with Crippen LogP contribution in [0.25, 0.3) is 0 Å². The summed E-state index contributed by atoms with van der Waals surface area (Å²) in [7, 11) is 0. The first-order valence-corrected chi connectivity index (χ1v) is 6.16. The highest BCUT2D eigenvalue weighted by Gasteiger charge is 2.44. The average molecular weight is 290 g/mol. The Labute approximate surface area is 119 Å². The van der Waals surface area contributed by atoms with Gasteiger partial charge in [0.25, 0.3) is 0 Å². The van der Waals surface area contributed by atoms with Crippen LogP contribution >= 0.6 is 0 Å². The molecule has 0 saturated carbocycles. The van der Waals surface area contributed by atoms with E-state index in [1.54, 1.807) is 18.2 Å². The number of carbonyl (C=O) groups excluding carboxylic acids is 1. The first-order chi connectivity index (χ1) is 9.85. The van der Waals surface area contributed by atoms with Crippen LogP contribution in [0.3, 0.4) is 0 Å². The molecule has 5 heteroatoms. The molecule has 0 aromatic heterocycles. The van der Waals surface area contributed by atoms with Crippen molar-refractivity contribution in [3.8, 4) is 0 Å². The fourth-order valence-corrected chi connectivity index (χ4v) is 2.08.